The molecule has 1 saturated heterocycles. The van der Waals surface area contributed by atoms with Crippen LogP contribution in [0.2, 0.25) is 0 Å². The smallest absolute Gasteiger partial charge is 0.306 e. The molecule has 1 aromatic carbocycles. The van der Waals surface area contributed by atoms with E-state index < -0.39 is 0 Å². The van der Waals surface area contributed by atoms with Gasteiger partial charge in [0, 0.05) is 37.6 Å². The zero-order valence-electron chi connectivity index (χ0n) is 14.0. The summed E-state index contributed by atoms with van der Waals surface area (Å²) in [7, 11) is 1.40. The Kier molecular flexibility index (Phi) is 4.85. The van der Waals surface area contributed by atoms with E-state index in [0.717, 1.165) is 24.1 Å². The minimum atomic E-state index is -0.203. The summed E-state index contributed by atoms with van der Waals surface area (Å²) >= 11 is 0. The molecular weight excluding hydrogens is 308 g/mol. The minimum Gasteiger partial charge on any atom is -0.469 e. The molecular formula is C18H22N2O4. The molecule has 0 unspecified atom stereocenters. The molecule has 1 aliphatic rings. The molecule has 0 N–H and O–H groups in total. The van der Waals surface area contributed by atoms with Gasteiger partial charge in [0.2, 0.25) is 0 Å². The Bertz CT molecular complexity index is 739. The Morgan fingerprint density at radius 3 is 2.83 bits per heavy atom. The third-order valence-electron chi connectivity index (χ3n) is 4.54. The van der Waals surface area contributed by atoms with Crippen LogP contribution in [-0.4, -0.2) is 61.0 Å². The summed E-state index contributed by atoms with van der Waals surface area (Å²) in [5.41, 5.74) is 1.34. The second kappa shape index (κ2) is 7.05. The van der Waals surface area contributed by atoms with Crippen molar-refractivity contribution in [2.45, 2.75) is 19.4 Å². The summed E-state index contributed by atoms with van der Waals surface area (Å²) in [6.45, 7) is 4.83. The zero-order chi connectivity index (χ0) is 17.1. The van der Waals surface area contributed by atoms with Crippen molar-refractivity contribution in [3.8, 4) is 0 Å². The molecule has 2 heterocycles. The van der Waals surface area contributed by atoms with E-state index in [1.807, 2.05) is 36.1 Å². The number of nitrogens with zero attached hydrogens (tertiary/aromatic N) is 2. The van der Waals surface area contributed by atoms with Crippen molar-refractivity contribution in [2.24, 2.45) is 0 Å². The number of carbonyl (C=O) groups is 2. The Morgan fingerprint density at radius 2 is 2.08 bits per heavy atom. The molecule has 6 heteroatoms. The Hall–Kier alpha value is -2.34. The fourth-order valence-electron chi connectivity index (χ4n) is 3.19. The molecule has 0 spiro atoms. The lowest BCUT2D eigenvalue weighted by Gasteiger charge is -2.39. The molecule has 2 aromatic rings. The van der Waals surface area contributed by atoms with E-state index in [1.54, 1.807) is 6.26 Å². The van der Waals surface area contributed by atoms with Gasteiger partial charge in [-0.1, -0.05) is 18.2 Å². The van der Waals surface area contributed by atoms with Crippen molar-refractivity contribution in [1.29, 1.82) is 0 Å². The van der Waals surface area contributed by atoms with Crippen molar-refractivity contribution in [3.05, 3.63) is 36.1 Å². The first-order valence-corrected chi connectivity index (χ1v) is 8.16. The number of amides is 1. The highest BCUT2D eigenvalue weighted by Crippen LogP contribution is 2.23. The van der Waals surface area contributed by atoms with E-state index in [0.29, 0.717) is 25.1 Å². The molecule has 1 atom stereocenters. The molecule has 0 radical (unpaired) electrons. The first-order valence-electron chi connectivity index (χ1n) is 8.16. The number of para-hydroxylation sites is 1. The average Bonchev–Trinajstić information content (AvgIpc) is 3.03. The second-order valence-corrected chi connectivity index (χ2v) is 6.12. The maximum absolute atomic E-state index is 12.9. The summed E-state index contributed by atoms with van der Waals surface area (Å²) in [6.07, 6.45) is 1.92. The molecule has 0 bridgehead atoms. The molecule has 128 valence electrons. The van der Waals surface area contributed by atoms with Crippen LogP contribution in [0.3, 0.4) is 0 Å². The summed E-state index contributed by atoms with van der Waals surface area (Å²) in [6, 6.07) is 7.65. The SMILES string of the molecule is COC(=O)CCN1CCN(C(=O)c2coc3ccccc23)[C@@H](C)C1. The van der Waals surface area contributed by atoms with Gasteiger partial charge in [-0.05, 0) is 13.0 Å². The number of methoxy groups -OCH3 is 1. The maximum Gasteiger partial charge on any atom is 0.306 e. The highest BCUT2D eigenvalue weighted by atomic mass is 16.5. The highest BCUT2D eigenvalue weighted by molar-refractivity contribution is 6.06. The monoisotopic (exact) mass is 330 g/mol. The van der Waals surface area contributed by atoms with Gasteiger partial charge in [-0.15, -0.1) is 0 Å². The number of carbonyl (C=O) groups excluding carboxylic acids is 2. The second-order valence-electron chi connectivity index (χ2n) is 6.12. The van der Waals surface area contributed by atoms with Gasteiger partial charge in [0.25, 0.3) is 5.91 Å². The van der Waals surface area contributed by atoms with Gasteiger partial charge in [0.1, 0.15) is 11.8 Å². The first-order chi connectivity index (χ1) is 11.6. The van der Waals surface area contributed by atoms with Crippen LogP contribution in [0.4, 0.5) is 0 Å². The lowest BCUT2D eigenvalue weighted by atomic mass is 10.1. The van der Waals surface area contributed by atoms with Gasteiger partial charge in [-0.2, -0.15) is 0 Å². The third kappa shape index (κ3) is 3.28. The van der Waals surface area contributed by atoms with E-state index in [4.69, 9.17) is 4.42 Å². The lowest BCUT2D eigenvalue weighted by Crippen LogP contribution is -2.54. The molecule has 3 rings (SSSR count). The summed E-state index contributed by atoms with van der Waals surface area (Å²) < 4.78 is 10.2. The van der Waals surface area contributed by atoms with Crippen LogP contribution >= 0.6 is 0 Å². The van der Waals surface area contributed by atoms with Gasteiger partial charge in [0.15, 0.2) is 0 Å². The van der Waals surface area contributed by atoms with Crippen LogP contribution in [0.5, 0.6) is 0 Å². The number of benzene rings is 1. The van der Waals surface area contributed by atoms with Crippen LogP contribution in [0.25, 0.3) is 11.0 Å². The number of furan rings is 1. The van der Waals surface area contributed by atoms with Crippen molar-refractivity contribution >= 4 is 22.8 Å². The molecule has 0 aliphatic carbocycles. The number of ether oxygens (including phenoxy) is 1. The molecule has 1 fully saturated rings. The van der Waals surface area contributed by atoms with Crippen LogP contribution in [-0.2, 0) is 9.53 Å². The summed E-state index contributed by atoms with van der Waals surface area (Å²) in [4.78, 5) is 28.2. The lowest BCUT2D eigenvalue weighted by molar-refractivity contribution is -0.141. The van der Waals surface area contributed by atoms with E-state index in [9.17, 15) is 9.59 Å². The Labute approximate surface area is 141 Å². The number of hydrogen-bond acceptors (Lipinski definition) is 5. The summed E-state index contributed by atoms with van der Waals surface area (Å²) in [5, 5.41) is 0.850. The fraction of sp³-hybridized carbons (Fsp3) is 0.444. The average molecular weight is 330 g/mol. The quantitative estimate of drug-likeness (QED) is 0.804. The van der Waals surface area contributed by atoms with Crippen molar-refractivity contribution in [1.82, 2.24) is 9.80 Å². The molecule has 1 aliphatic heterocycles. The number of piperazine rings is 1. The number of fused-ring (bicyclic) bond motifs is 1. The van der Waals surface area contributed by atoms with Crippen LogP contribution in [0.15, 0.2) is 34.9 Å². The van der Waals surface area contributed by atoms with Crippen molar-refractivity contribution in [3.63, 3.8) is 0 Å². The molecule has 1 aromatic heterocycles. The molecule has 0 saturated carbocycles. The Balaban J connectivity index is 1.66. The number of hydrogen-bond donors (Lipinski definition) is 0. The van der Waals surface area contributed by atoms with E-state index in [2.05, 4.69) is 9.64 Å². The normalized spacial score (nSPS) is 18.8. The molecule has 24 heavy (non-hydrogen) atoms. The van der Waals surface area contributed by atoms with E-state index in [-0.39, 0.29) is 17.9 Å². The maximum atomic E-state index is 12.9. The Morgan fingerprint density at radius 1 is 1.29 bits per heavy atom. The van der Waals surface area contributed by atoms with Crippen molar-refractivity contribution < 1.29 is 18.7 Å². The van der Waals surface area contributed by atoms with Crippen LogP contribution in [0, 0.1) is 0 Å². The predicted octanol–water partition coefficient (Wildman–Crippen LogP) is 2.14. The van der Waals surface area contributed by atoms with Crippen molar-refractivity contribution in [2.75, 3.05) is 33.3 Å². The third-order valence-corrected chi connectivity index (χ3v) is 4.54. The van der Waals surface area contributed by atoms with Gasteiger partial charge in [-0.3, -0.25) is 14.5 Å². The van der Waals surface area contributed by atoms with Gasteiger partial charge >= 0.3 is 5.97 Å². The summed E-state index contributed by atoms with van der Waals surface area (Å²) in [5.74, 6) is -0.203. The largest absolute Gasteiger partial charge is 0.469 e. The standard InChI is InChI=1S/C18H22N2O4/c1-13-11-19(8-7-17(21)23-2)9-10-20(13)18(22)15-12-24-16-6-4-3-5-14(15)16/h3-6,12-13H,7-11H2,1-2H3/t13-/m0/s1. The fourth-order valence-corrected chi connectivity index (χ4v) is 3.19. The van der Waals surface area contributed by atoms with Gasteiger partial charge in [0.05, 0.1) is 19.1 Å². The number of rotatable bonds is 4. The van der Waals surface area contributed by atoms with Gasteiger partial charge < -0.3 is 14.1 Å². The minimum absolute atomic E-state index is 0.0000629. The van der Waals surface area contributed by atoms with Crippen LogP contribution < -0.4 is 0 Å². The molecule has 6 nitrogen and oxygen atoms in total. The highest BCUT2D eigenvalue weighted by Gasteiger charge is 2.29. The van der Waals surface area contributed by atoms with Gasteiger partial charge in [-0.25, -0.2) is 0 Å². The first kappa shape index (κ1) is 16.5. The van der Waals surface area contributed by atoms with E-state index >= 15 is 0 Å². The number of esters is 1. The predicted molar refractivity (Wildman–Crippen MR) is 89.8 cm³/mol. The zero-order valence-corrected chi connectivity index (χ0v) is 14.0. The molecule has 1 amide bonds. The topological polar surface area (TPSA) is 63.0 Å². The van der Waals surface area contributed by atoms with Crippen LogP contribution in [0.1, 0.15) is 23.7 Å². The van der Waals surface area contributed by atoms with E-state index in [1.165, 1.54) is 7.11 Å².